The molecule has 0 atom stereocenters. The lowest BCUT2D eigenvalue weighted by atomic mass is 10.1. The number of nitro groups is 1. The Morgan fingerprint density at radius 3 is 2.44 bits per heavy atom. The zero-order chi connectivity index (χ0) is 22.1. The van der Waals surface area contributed by atoms with Gasteiger partial charge in [-0.2, -0.15) is 0 Å². The Bertz CT molecular complexity index is 1310. The third-order valence-electron chi connectivity index (χ3n) is 5.75. The van der Waals surface area contributed by atoms with E-state index in [0.717, 1.165) is 47.8 Å². The molecule has 1 N–H and O–H groups in total. The summed E-state index contributed by atoms with van der Waals surface area (Å²) in [4.78, 5) is 36.2. The number of thiophene rings is 1. The first-order valence-electron chi connectivity index (χ1n) is 10.4. The van der Waals surface area contributed by atoms with Gasteiger partial charge in [-0.25, -0.2) is 4.98 Å². The molecule has 3 heterocycles. The van der Waals surface area contributed by atoms with Crippen molar-refractivity contribution in [3.63, 3.8) is 0 Å². The van der Waals surface area contributed by atoms with E-state index in [4.69, 9.17) is 4.98 Å². The molecule has 32 heavy (non-hydrogen) atoms. The summed E-state index contributed by atoms with van der Waals surface area (Å²) in [5, 5.41) is 13.5. The van der Waals surface area contributed by atoms with Gasteiger partial charge in [0.05, 0.1) is 16.9 Å². The monoisotopic (exact) mass is 447 g/mol. The van der Waals surface area contributed by atoms with Crippen molar-refractivity contribution < 1.29 is 4.92 Å². The van der Waals surface area contributed by atoms with Crippen LogP contribution in [0.1, 0.15) is 5.82 Å². The van der Waals surface area contributed by atoms with Gasteiger partial charge in [0.2, 0.25) is 0 Å². The zero-order valence-electron chi connectivity index (χ0n) is 17.2. The molecule has 0 radical (unpaired) electrons. The maximum Gasteiger partial charge on any atom is 0.269 e. The summed E-state index contributed by atoms with van der Waals surface area (Å²) in [6, 6.07) is 16.5. The first-order valence-corrected chi connectivity index (χ1v) is 11.2. The minimum atomic E-state index is -0.386. The molecular formula is C23H21N5O3S. The maximum absolute atomic E-state index is 12.8. The van der Waals surface area contributed by atoms with Gasteiger partial charge in [0, 0.05) is 54.9 Å². The average molecular weight is 448 g/mol. The highest BCUT2D eigenvalue weighted by molar-refractivity contribution is 7.17. The SMILES string of the molecule is O=c1[nH]c(CN2CCN(c3ccc([N+](=O)[O-])cc3)CC2)nc2scc(-c3ccccc3)c12. The lowest BCUT2D eigenvalue weighted by molar-refractivity contribution is -0.384. The number of aromatic nitrogens is 2. The highest BCUT2D eigenvalue weighted by Gasteiger charge is 2.20. The molecule has 2 aromatic carbocycles. The Morgan fingerprint density at radius 2 is 1.75 bits per heavy atom. The number of fused-ring (bicyclic) bond motifs is 1. The normalized spacial score (nSPS) is 14.7. The molecule has 9 heteroatoms. The Kier molecular flexibility index (Phi) is 5.42. The minimum absolute atomic E-state index is 0.0989. The number of anilines is 1. The van der Waals surface area contributed by atoms with E-state index in [1.165, 1.54) is 23.5 Å². The third-order valence-corrected chi connectivity index (χ3v) is 6.62. The number of benzene rings is 2. The van der Waals surface area contributed by atoms with E-state index in [1.807, 2.05) is 35.7 Å². The molecule has 4 aromatic rings. The van der Waals surface area contributed by atoms with Gasteiger partial charge in [0.25, 0.3) is 11.2 Å². The molecule has 1 fully saturated rings. The second-order valence-electron chi connectivity index (χ2n) is 7.74. The first kappa shape index (κ1) is 20.3. The smallest absolute Gasteiger partial charge is 0.269 e. The Hall–Kier alpha value is -3.56. The Labute approximate surface area is 187 Å². The van der Waals surface area contributed by atoms with Crippen molar-refractivity contribution in [2.24, 2.45) is 0 Å². The van der Waals surface area contributed by atoms with E-state index in [2.05, 4.69) is 14.8 Å². The summed E-state index contributed by atoms with van der Waals surface area (Å²) in [5.74, 6) is 0.674. The number of hydrogen-bond acceptors (Lipinski definition) is 7. The predicted molar refractivity (Wildman–Crippen MR) is 126 cm³/mol. The van der Waals surface area contributed by atoms with E-state index >= 15 is 0 Å². The summed E-state index contributed by atoms with van der Waals surface area (Å²) in [6.45, 7) is 3.83. The lowest BCUT2D eigenvalue weighted by Crippen LogP contribution is -2.46. The molecule has 0 saturated carbocycles. The molecule has 0 unspecified atom stereocenters. The highest BCUT2D eigenvalue weighted by Crippen LogP contribution is 2.30. The van der Waals surface area contributed by atoms with Crippen LogP contribution in [0.25, 0.3) is 21.3 Å². The number of hydrogen-bond donors (Lipinski definition) is 1. The van der Waals surface area contributed by atoms with Crippen LogP contribution in [0.5, 0.6) is 0 Å². The van der Waals surface area contributed by atoms with Crippen LogP contribution in [-0.2, 0) is 6.54 Å². The molecule has 0 bridgehead atoms. The second kappa shape index (κ2) is 8.52. The van der Waals surface area contributed by atoms with Gasteiger partial charge in [-0.3, -0.25) is 19.8 Å². The van der Waals surface area contributed by atoms with Crippen molar-refractivity contribution >= 4 is 32.9 Å². The van der Waals surface area contributed by atoms with Crippen LogP contribution in [-0.4, -0.2) is 46.0 Å². The molecule has 0 amide bonds. The molecule has 1 saturated heterocycles. The first-order chi connectivity index (χ1) is 15.6. The summed E-state index contributed by atoms with van der Waals surface area (Å²) in [7, 11) is 0. The highest BCUT2D eigenvalue weighted by atomic mass is 32.1. The molecule has 2 aromatic heterocycles. The van der Waals surface area contributed by atoms with Gasteiger partial charge in [0.15, 0.2) is 0 Å². The number of nitro benzene ring substituents is 1. The Balaban J connectivity index is 1.28. The van der Waals surface area contributed by atoms with Crippen LogP contribution < -0.4 is 10.5 Å². The number of aromatic amines is 1. The summed E-state index contributed by atoms with van der Waals surface area (Å²) >= 11 is 1.49. The van der Waals surface area contributed by atoms with Gasteiger partial charge in [-0.15, -0.1) is 11.3 Å². The molecule has 0 spiro atoms. The van der Waals surface area contributed by atoms with E-state index in [-0.39, 0.29) is 16.2 Å². The van der Waals surface area contributed by atoms with Crippen LogP contribution >= 0.6 is 11.3 Å². The van der Waals surface area contributed by atoms with E-state index < -0.39 is 0 Å². The fourth-order valence-electron chi connectivity index (χ4n) is 4.06. The van der Waals surface area contributed by atoms with Crippen LogP contribution in [0.4, 0.5) is 11.4 Å². The maximum atomic E-state index is 12.8. The summed E-state index contributed by atoms with van der Waals surface area (Å²) in [6.07, 6.45) is 0. The van der Waals surface area contributed by atoms with Crippen molar-refractivity contribution in [2.45, 2.75) is 6.54 Å². The third kappa shape index (κ3) is 4.00. The number of rotatable bonds is 5. The Morgan fingerprint density at radius 1 is 1.03 bits per heavy atom. The van der Waals surface area contributed by atoms with Crippen LogP contribution in [0.3, 0.4) is 0 Å². The fraction of sp³-hybridized carbons (Fsp3) is 0.217. The van der Waals surface area contributed by atoms with E-state index in [9.17, 15) is 14.9 Å². The van der Waals surface area contributed by atoms with Gasteiger partial charge in [0.1, 0.15) is 10.7 Å². The van der Waals surface area contributed by atoms with Crippen LogP contribution in [0.2, 0.25) is 0 Å². The van der Waals surface area contributed by atoms with Crippen LogP contribution in [0.15, 0.2) is 64.8 Å². The summed E-state index contributed by atoms with van der Waals surface area (Å²) < 4.78 is 0. The topological polar surface area (TPSA) is 95.4 Å². The van der Waals surface area contributed by atoms with Crippen molar-refractivity contribution in [2.75, 3.05) is 31.1 Å². The second-order valence-corrected chi connectivity index (χ2v) is 8.60. The molecule has 8 nitrogen and oxygen atoms in total. The fourth-order valence-corrected chi connectivity index (χ4v) is 5.03. The van der Waals surface area contributed by atoms with Crippen molar-refractivity contribution in [3.8, 4) is 11.1 Å². The molecule has 5 rings (SSSR count). The molecular weight excluding hydrogens is 426 g/mol. The van der Waals surface area contributed by atoms with Crippen LogP contribution in [0, 0.1) is 10.1 Å². The molecule has 1 aliphatic heterocycles. The molecule has 1 aliphatic rings. The predicted octanol–water partition coefficient (Wildman–Crippen LogP) is 3.88. The average Bonchev–Trinajstić information content (AvgIpc) is 3.25. The van der Waals surface area contributed by atoms with E-state index in [1.54, 1.807) is 12.1 Å². The van der Waals surface area contributed by atoms with Gasteiger partial charge >= 0.3 is 0 Å². The van der Waals surface area contributed by atoms with E-state index in [0.29, 0.717) is 17.8 Å². The summed E-state index contributed by atoms with van der Waals surface area (Å²) in [5.41, 5.74) is 2.91. The largest absolute Gasteiger partial charge is 0.369 e. The quantitative estimate of drug-likeness (QED) is 0.368. The van der Waals surface area contributed by atoms with Crippen molar-refractivity contribution in [3.05, 3.63) is 86.3 Å². The number of nitrogens with one attached hydrogen (secondary N) is 1. The standard InChI is InChI=1S/C23H21N5O3S/c29-22-21-19(16-4-2-1-3-5-16)15-32-23(21)25-20(24-22)14-26-10-12-27(13-11-26)17-6-8-18(9-7-17)28(30)31/h1-9,15H,10-14H2,(H,24,25,29). The van der Waals surface area contributed by atoms with Gasteiger partial charge < -0.3 is 9.88 Å². The van der Waals surface area contributed by atoms with Crippen molar-refractivity contribution in [1.82, 2.24) is 14.9 Å². The molecule has 162 valence electrons. The lowest BCUT2D eigenvalue weighted by Gasteiger charge is -2.35. The number of piperazine rings is 1. The zero-order valence-corrected chi connectivity index (χ0v) is 18.0. The van der Waals surface area contributed by atoms with Gasteiger partial charge in [-0.05, 0) is 17.7 Å². The minimum Gasteiger partial charge on any atom is -0.369 e. The van der Waals surface area contributed by atoms with Crippen molar-refractivity contribution in [1.29, 1.82) is 0 Å². The number of non-ortho nitro benzene ring substituents is 1. The number of nitrogens with zero attached hydrogens (tertiary/aromatic N) is 4. The molecule has 0 aliphatic carbocycles. The number of H-pyrrole nitrogens is 1. The van der Waals surface area contributed by atoms with Gasteiger partial charge in [-0.1, -0.05) is 30.3 Å².